The summed E-state index contributed by atoms with van der Waals surface area (Å²) in [5.41, 5.74) is 2.49. The third-order valence-electron chi connectivity index (χ3n) is 2.34. The van der Waals surface area contributed by atoms with E-state index in [4.69, 9.17) is 10.2 Å². The number of thiophene rings is 1. The molecule has 0 spiro atoms. The van der Waals surface area contributed by atoms with Gasteiger partial charge in [0.1, 0.15) is 0 Å². The summed E-state index contributed by atoms with van der Waals surface area (Å²) in [4.78, 5) is 10.5. The van der Waals surface area contributed by atoms with Gasteiger partial charge in [0.15, 0.2) is 0 Å². The SMILES string of the molecule is C=CC(=O)O.OCCc1sccc1-c1ccccc1. The van der Waals surface area contributed by atoms with E-state index in [1.54, 1.807) is 11.3 Å². The standard InChI is InChI=1S/C12H12OS.C3H4O2/c13-8-6-12-11(7-9-14-12)10-4-2-1-3-5-10;1-2-3(4)5/h1-5,7,9,13H,6,8H2;2H,1H2,(H,4,5). The van der Waals surface area contributed by atoms with Crippen molar-refractivity contribution in [1.29, 1.82) is 0 Å². The van der Waals surface area contributed by atoms with Crippen LogP contribution in [0.1, 0.15) is 4.88 Å². The van der Waals surface area contributed by atoms with E-state index in [2.05, 4.69) is 30.2 Å². The maximum absolute atomic E-state index is 9.25. The molecule has 0 amide bonds. The number of hydrogen-bond acceptors (Lipinski definition) is 3. The van der Waals surface area contributed by atoms with E-state index in [1.807, 2.05) is 18.2 Å². The number of carbonyl (C=O) groups is 1. The molecule has 1 aromatic heterocycles. The smallest absolute Gasteiger partial charge is 0.327 e. The Bertz CT molecular complexity index is 517. The molecular weight excluding hydrogens is 260 g/mol. The summed E-state index contributed by atoms with van der Waals surface area (Å²) in [5.74, 6) is -0.981. The first kappa shape index (κ1) is 15.1. The van der Waals surface area contributed by atoms with Crippen LogP contribution in [-0.4, -0.2) is 22.8 Å². The van der Waals surface area contributed by atoms with Gasteiger partial charge in [0.05, 0.1) is 0 Å². The van der Waals surface area contributed by atoms with Gasteiger partial charge in [0.25, 0.3) is 0 Å². The number of carboxylic acid groups (broad SMARTS) is 1. The molecule has 0 aliphatic carbocycles. The fourth-order valence-electron chi connectivity index (χ4n) is 1.51. The van der Waals surface area contributed by atoms with Crippen LogP contribution in [0.15, 0.2) is 54.4 Å². The van der Waals surface area contributed by atoms with Gasteiger partial charge >= 0.3 is 5.97 Å². The molecule has 0 aliphatic rings. The Hall–Kier alpha value is -1.91. The van der Waals surface area contributed by atoms with Gasteiger partial charge in [-0.2, -0.15) is 0 Å². The van der Waals surface area contributed by atoms with Crippen molar-refractivity contribution in [3.05, 3.63) is 59.3 Å². The number of aliphatic hydroxyl groups excluding tert-OH is 1. The number of carboxylic acids is 1. The molecule has 0 bridgehead atoms. The molecule has 1 aromatic carbocycles. The molecule has 19 heavy (non-hydrogen) atoms. The number of benzene rings is 1. The van der Waals surface area contributed by atoms with Crippen LogP contribution in [0, 0.1) is 0 Å². The number of rotatable bonds is 4. The normalized spacial score (nSPS) is 9.32. The van der Waals surface area contributed by atoms with Crippen LogP contribution in [0.5, 0.6) is 0 Å². The van der Waals surface area contributed by atoms with Crippen molar-refractivity contribution in [3.8, 4) is 11.1 Å². The van der Waals surface area contributed by atoms with Crippen molar-refractivity contribution >= 4 is 17.3 Å². The third-order valence-corrected chi connectivity index (χ3v) is 3.32. The van der Waals surface area contributed by atoms with Crippen molar-refractivity contribution in [1.82, 2.24) is 0 Å². The molecule has 0 unspecified atom stereocenters. The highest BCUT2D eigenvalue weighted by Gasteiger charge is 2.04. The van der Waals surface area contributed by atoms with E-state index in [9.17, 15) is 4.79 Å². The molecule has 3 nitrogen and oxygen atoms in total. The lowest BCUT2D eigenvalue weighted by molar-refractivity contribution is -0.131. The molecule has 2 aromatic rings. The average molecular weight is 276 g/mol. The highest BCUT2D eigenvalue weighted by atomic mass is 32.1. The molecule has 0 saturated heterocycles. The van der Waals surface area contributed by atoms with E-state index in [-0.39, 0.29) is 6.61 Å². The van der Waals surface area contributed by atoms with Crippen LogP contribution in [0.4, 0.5) is 0 Å². The lowest BCUT2D eigenvalue weighted by atomic mass is 10.1. The minimum absolute atomic E-state index is 0.223. The Morgan fingerprint density at radius 2 is 1.89 bits per heavy atom. The topological polar surface area (TPSA) is 57.5 Å². The summed E-state index contributed by atoms with van der Waals surface area (Å²) in [6.07, 6.45) is 1.59. The number of aliphatic carboxylic acids is 1. The van der Waals surface area contributed by atoms with Crippen LogP contribution in [0.25, 0.3) is 11.1 Å². The fourth-order valence-corrected chi connectivity index (χ4v) is 2.40. The van der Waals surface area contributed by atoms with Gasteiger partial charge in [-0.25, -0.2) is 4.79 Å². The Kier molecular flexibility index (Phi) is 6.57. The lowest BCUT2D eigenvalue weighted by Gasteiger charge is -2.01. The maximum Gasteiger partial charge on any atom is 0.327 e. The van der Waals surface area contributed by atoms with E-state index in [1.165, 1.54) is 16.0 Å². The minimum Gasteiger partial charge on any atom is -0.478 e. The van der Waals surface area contributed by atoms with Crippen molar-refractivity contribution in [3.63, 3.8) is 0 Å². The molecule has 100 valence electrons. The molecule has 0 fully saturated rings. The quantitative estimate of drug-likeness (QED) is 0.843. The molecule has 0 radical (unpaired) electrons. The Morgan fingerprint density at radius 3 is 2.42 bits per heavy atom. The number of aliphatic hydroxyl groups is 1. The predicted octanol–water partition coefficient (Wildman–Crippen LogP) is 3.21. The van der Waals surface area contributed by atoms with Crippen molar-refractivity contribution in [2.24, 2.45) is 0 Å². The third kappa shape index (κ3) is 5.07. The van der Waals surface area contributed by atoms with E-state index in [0.717, 1.165) is 12.5 Å². The van der Waals surface area contributed by atoms with Crippen LogP contribution in [0.3, 0.4) is 0 Å². The van der Waals surface area contributed by atoms with Gasteiger partial charge in [-0.3, -0.25) is 0 Å². The van der Waals surface area contributed by atoms with Gasteiger partial charge in [-0.1, -0.05) is 36.9 Å². The first-order chi connectivity index (χ1) is 9.19. The van der Waals surface area contributed by atoms with Crippen LogP contribution in [-0.2, 0) is 11.2 Å². The average Bonchev–Trinajstić information content (AvgIpc) is 2.89. The fraction of sp³-hybridized carbons (Fsp3) is 0.133. The zero-order valence-electron chi connectivity index (χ0n) is 10.5. The van der Waals surface area contributed by atoms with Gasteiger partial charge in [-0.15, -0.1) is 11.3 Å². The Balaban J connectivity index is 0.000000312. The minimum atomic E-state index is -0.981. The predicted molar refractivity (Wildman–Crippen MR) is 78.4 cm³/mol. The molecule has 1 heterocycles. The van der Waals surface area contributed by atoms with E-state index >= 15 is 0 Å². The molecule has 2 rings (SSSR count). The first-order valence-electron chi connectivity index (χ1n) is 5.77. The van der Waals surface area contributed by atoms with Crippen LogP contribution < -0.4 is 0 Å². The van der Waals surface area contributed by atoms with Crippen LogP contribution >= 0.6 is 11.3 Å². The maximum atomic E-state index is 9.25. The number of hydrogen-bond donors (Lipinski definition) is 2. The monoisotopic (exact) mass is 276 g/mol. The van der Waals surface area contributed by atoms with Crippen molar-refractivity contribution < 1.29 is 15.0 Å². The summed E-state index contributed by atoms with van der Waals surface area (Å²) < 4.78 is 0. The van der Waals surface area contributed by atoms with Gasteiger partial charge < -0.3 is 10.2 Å². The molecule has 0 saturated carbocycles. The summed E-state index contributed by atoms with van der Waals surface area (Å²) in [7, 11) is 0. The van der Waals surface area contributed by atoms with E-state index in [0.29, 0.717) is 0 Å². The second kappa shape index (κ2) is 8.24. The molecule has 0 aliphatic heterocycles. The van der Waals surface area contributed by atoms with Crippen molar-refractivity contribution in [2.45, 2.75) is 6.42 Å². The van der Waals surface area contributed by atoms with Gasteiger partial charge in [0, 0.05) is 24.0 Å². The Morgan fingerprint density at radius 1 is 1.26 bits per heavy atom. The van der Waals surface area contributed by atoms with Crippen molar-refractivity contribution in [2.75, 3.05) is 6.61 Å². The summed E-state index contributed by atoms with van der Waals surface area (Å²) in [6, 6.07) is 12.4. The van der Waals surface area contributed by atoms with Gasteiger partial charge in [0.2, 0.25) is 0 Å². The summed E-state index contributed by atoms with van der Waals surface area (Å²) in [6.45, 7) is 3.18. The van der Waals surface area contributed by atoms with Crippen LogP contribution in [0.2, 0.25) is 0 Å². The molecule has 4 heteroatoms. The molecule has 0 atom stereocenters. The summed E-state index contributed by atoms with van der Waals surface area (Å²) >= 11 is 1.71. The van der Waals surface area contributed by atoms with E-state index < -0.39 is 5.97 Å². The largest absolute Gasteiger partial charge is 0.478 e. The second-order valence-electron chi connectivity index (χ2n) is 3.64. The summed E-state index contributed by atoms with van der Waals surface area (Å²) in [5, 5.41) is 18.6. The second-order valence-corrected chi connectivity index (χ2v) is 4.64. The Labute approximate surface area is 116 Å². The zero-order valence-corrected chi connectivity index (χ0v) is 11.3. The lowest BCUT2D eigenvalue weighted by Crippen LogP contribution is -1.88. The highest BCUT2D eigenvalue weighted by molar-refractivity contribution is 7.10. The zero-order chi connectivity index (χ0) is 14.1. The first-order valence-corrected chi connectivity index (χ1v) is 6.65. The van der Waals surface area contributed by atoms with Gasteiger partial charge in [-0.05, 0) is 22.6 Å². The molecular formula is C15H16O3S. The highest BCUT2D eigenvalue weighted by Crippen LogP contribution is 2.28. The molecule has 2 N–H and O–H groups in total.